The molecule has 94 valence electrons. The lowest BCUT2D eigenvalue weighted by atomic mass is 10.3. The van der Waals surface area contributed by atoms with Crippen LogP contribution in [0.5, 0.6) is 0 Å². The highest BCUT2D eigenvalue weighted by atomic mass is 19.1. The van der Waals surface area contributed by atoms with Gasteiger partial charge in [0.25, 0.3) is 0 Å². The van der Waals surface area contributed by atoms with Crippen molar-refractivity contribution in [1.82, 2.24) is 5.43 Å². The summed E-state index contributed by atoms with van der Waals surface area (Å²) >= 11 is 0. The Morgan fingerprint density at radius 3 is 2.24 bits per heavy atom. The molecule has 0 aliphatic heterocycles. The van der Waals surface area contributed by atoms with Crippen LogP contribution in [0.1, 0.15) is 0 Å². The number of hydrogen-bond acceptors (Lipinski definition) is 5. The summed E-state index contributed by atoms with van der Waals surface area (Å²) in [7, 11) is 2.68. The standard InChI is InChI=1S/C10H15FN4O2/c1-16-10(17-2,9(12)13)15-14-8-5-3-7(11)4-6-8/h3-6,14-15H,1-2H3,(H3,12,13). The third-order valence-corrected chi connectivity index (χ3v) is 2.15. The molecule has 0 heterocycles. The van der Waals surface area contributed by atoms with E-state index in [0.29, 0.717) is 5.69 Å². The first-order valence-electron chi connectivity index (χ1n) is 4.77. The van der Waals surface area contributed by atoms with Gasteiger partial charge in [0, 0.05) is 19.9 Å². The van der Waals surface area contributed by atoms with Gasteiger partial charge in [0.1, 0.15) is 5.82 Å². The lowest BCUT2D eigenvalue weighted by Gasteiger charge is -2.30. The first-order valence-corrected chi connectivity index (χ1v) is 4.77. The highest BCUT2D eigenvalue weighted by Gasteiger charge is 2.33. The van der Waals surface area contributed by atoms with Gasteiger partial charge < -0.3 is 20.6 Å². The zero-order valence-corrected chi connectivity index (χ0v) is 9.58. The highest BCUT2D eigenvalue weighted by Crippen LogP contribution is 2.10. The number of hydrogen-bond donors (Lipinski definition) is 4. The topological polar surface area (TPSA) is 92.4 Å². The highest BCUT2D eigenvalue weighted by molar-refractivity contribution is 5.84. The van der Waals surface area contributed by atoms with Crippen LogP contribution in [0.3, 0.4) is 0 Å². The van der Waals surface area contributed by atoms with Crippen LogP contribution >= 0.6 is 0 Å². The van der Waals surface area contributed by atoms with Crippen molar-refractivity contribution >= 4 is 11.5 Å². The average Bonchev–Trinajstić information content (AvgIpc) is 2.33. The van der Waals surface area contributed by atoms with Gasteiger partial charge in [-0.3, -0.25) is 5.41 Å². The molecule has 1 rings (SSSR count). The predicted octanol–water partition coefficient (Wildman–Crippen LogP) is 0.625. The van der Waals surface area contributed by atoms with E-state index in [4.69, 9.17) is 20.6 Å². The maximum atomic E-state index is 12.7. The van der Waals surface area contributed by atoms with Crippen LogP contribution in [0.15, 0.2) is 24.3 Å². The predicted molar refractivity (Wildman–Crippen MR) is 61.8 cm³/mol. The second-order valence-corrected chi connectivity index (χ2v) is 3.20. The number of nitrogens with two attached hydrogens (primary N) is 1. The molecule has 0 fully saturated rings. The summed E-state index contributed by atoms with van der Waals surface area (Å²) in [6, 6.07) is 5.61. The van der Waals surface area contributed by atoms with Crippen molar-refractivity contribution in [2.24, 2.45) is 5.73 Å². The Morgan fingerprint density at radius 1 is 1.29 bits per heavy atom. The average molecular weight is 242 g/mol. The van der Waals surface area contributed by atoms with E-state index in [-0.39, 0.29) is 11.7 Å². The third-order valence-electron chi connectivity index (χ3n) is 2.15. The second kappa shape index (κ2) is 5.58. The van der Waals surface area contributed by atoms with Gasteiger partial charge in [-0.25, -0.2) is 4.39 Å². The Kier molecular flexibility index (Phi) is 4.38. The SMILES string of the molecule is COC(NNc1ccc(F)cc1)(OC)C(=N)N. The van der Waals surface area contributed by atoms with Gasteiger partial charge in [0.2, 0.25) is 0 Å². The van der Waals surface area contributed by atoms with Crippen molar-refractivity contribution < 1.29 is 13.9 Å². The van der Waals surface area contributed by atoms with Gasteiger partial charge in [-0.2, -0.15) is 5.43 Å². The molecule has 0 amide bonds. The number of hydrazine groups is 1. The fourth-order valence-electron chi connectivity index (χ4n) is 1.16. The first kappa shape index (κ1) is 13.4. The van der Waals surface area contributed by atoms with Crippen LogP contribution in [0.25, 0.3) is 0 Å². The molecule has 0 bridgehead atoms. The van der Waals surface area contributed by atoms with Crippen LogP contribution in [-0.2, 0) is 9.47 Å². The largest absolute Gasteiger partial charge is 0.382 e. The van der Waals surface area contributed by atoms with E-state index >= 15 is 0 Å². The van der Waals surface area contributed by atoms with E-state index in [0.717, 1.165) is 0 Å². The molecule has 0 aliphatic rings. The molecule has 7 heteroatoms. The number of methoxy groups -OCH3 is 2. The summed E-state index contributed by atoms with van der Waals surface area (Å²) in [4.78, 5) is 0. The first-order chi connectivity index (χ1) is 8.04. The normalized spacial score (nSPS) is 11.2. The van der Waals surface area contributed by atoms with E-state index < -0.39 is 5.91 Å². The smallest absolute Gasteiger partial charge is 0.304 e. The molecule has 0 radical (unpaired) electrons. The Bertz CT molecular complexity index is 378. The van der Waals surface area contributed by atoms with E-state index in [1.54, 1.807) is 0 Å². The molecule has 0 atom stereocenters. The van der Waals surface area contributed by atoms with Crippen LogP contribution in [-0.4, -0.2) is 26.0 Å². The van der Waals surface area contributed by atoms with Crippen molar-refractivity contribution in [1.29, 1.82) is 5.41 Å². The quantitative estimate of drug-likeness (QED) is 0.254. The lowest BCUT2D eigenvalue weighted by Crippen LogP contribution is -2.59. The summed E-state index contributed by atoms with van der Waals surface area (Å²) in [6.45, 7) is 0. The molecule has 6 nitrogen and oxygen atoms in total. The van der Waals surface area contributed by atoms with Crippen LogP contribution in [0.2, 0.25) is 0 Å². The van der Waals surface area contributed by atoms with Crippen LogP contribution < -0.4 is 16.6 Å². The minimum atomic E-state index is -1.56. The maximum Gasteiger partial charge on any atom is 0.304 e. The maximum absolute atomic E-state index is 12.7. The van der Waals surface area contributed by atoms with E-state index in [9.17, 15) is 4.39 Å². The van der Waals surface area contributed by atoms with Crippen molar-refractivity contribution in [3.05, 3.63) is 30.1 Å². The number of benzene rings is 1. The molecular formula is C10H15FN4O2. The molecule has 0 saturated carbocycles. The molecule has 0 saturated heterocycles. The summed E-state index contributed by atoms with van der Waals surface area (Å²) < 4.78 is 22.6. The monoisotopic (exact) mass is 242 g/mol. The molecule has 1 aromatic carbocycles. The van der Waals surface area contributed by atoms with Crippen molar-refractivity contribution in [2.75, 3.05) is 19.6 Å². The van der Waals surface area contributed by atoms with Gasteiger partial charge in [0.15, 0.2) is 5.84 Å². The molecular weight excluding hydrogens is 227 g/mol. The van der Waals surface area contributed by atoms with Crippen LogP contribution in [0.4, 0.5) is 10.1 Å². The number of ether oxygens (including phenoxy) is 2. The zero-order valence-electron chi connectivity index (χ0n) is 9.58. The molecule has 17 heavy (non-hydrogen) atoms. The Morgan fingerprint density at radius 2 is 1.82 bits per heavy atom. The fourth-order valence-corrected chi connectivity index (χ4v) is 1.16. The number of anilines is 1. The molecule has 5 N–H and O–H groups in total. The van der Waals surface area contributed by atoms with E-state index in [2.05, 4.69) is 10.9 Å². The van der Waals surface area contributed by atoms with Crippen LogP contribution in [0, 0.1) is 11.2 Å². The molecule has 0 aliphatic carbocycles. The van der Waals surface area contributed by atoms with E-state index in [1.165, 1.54) is 38.5 Å². The molecule has 0 spiro atoms. The van der Waals surface area contributed by atoms with Gasteiger partial charge in [-0.1, -0.05) is 0 Å². The minimum Gasteiger partial charge on any atom is -0.382 e. The summed E-state index contributed by atoms with van der Waals surface area (Å²) in [6.07, 6.45) is 0. The Hall–Kier alpha value is -1.70. The number of amidine groups is 1. The second-order valence-electron chi connectivity index (χ2n) is 3.20. The summed E-state index contributed by atoms with van der Waals surface area (Å²) in [5, 5.41) is 7.36. The summed E-state index contributed by atoms with van der Waals surface area (Å²) in [5.41, 5.74) is 11.2. The number of rotatable bonds is 6. The molecule has 1 aromatic rings. The van der Waals surface area contributed by atoms with Crippen molar-refractivity contribution in [3.8, 4) is 0 Å². The Balaban J connectivity index is 2.70. The lowest BCUT2D eigenvalue weighted by molar-refractivity contribution is -0.172. The summed E-state index contributed by atoms with van der Waals surface area (Å²) in [5.74, 6) is -2.25. The Labute approximate surface area is 98.4 Å². The fraction of sp³-hybridized carbons (Fsp3) is 0.300. The third kappa shape index (κ3) is 3.13. The van der Waals surface area contributed by atoms with Crippen molar-refractivity contribution in [2.45, 2.75) is 5.91 Å². The van der Waals surface area contributed by atoms with Crippen molar-refractivity contribution in [3.63, 3.8) is 0 Å². The zero-order chi connectivity index (χ0) is 12.9. The molecule has 0 unspecified atom stereocenters. The van der Waals surface area contributed by atoms with E-state index in [1.807, 2.05) is 0 Å². The van der Waals surface area contributed by atoms with Gasteiger partial charge >= 0.3 is 5.91 Å². The van der Waals surface area contributed by atoms with Gasteiger partial charge in [0.05, 0.1) is 0 Å². The minimum absolute atomic E-state index is 0.341. The van der Waals surface area contributed by atoms with Gasteiger partial charge in [-0.15, -0.1) is 0 Å². The van der Waals surface area contributed by atoms with Gasteiger partial charge in [-0.05, 0) is 24.3 Å². The number of nitrogens with one attached hydrogen (secondary N) is 3. The number of halogens is 1. The molecule has 0 aromatic heterocycles.